The Hall–Kier alpha value is -0.510. The van der Waals surface area contributed by atoms with Gasteiger partial charge in [-0.1, -0.05) is 26.0 Å². The van der Waals surface area contributed by atoms with Crippen LogP contribution in [0.15, 0.2) is 29.2 Å². The Morgan fingerprint density at radius 2 is 1.76 bits per heavy atom. The zero-order valence-corrected chi connectivity index (χ0v) is 11.9. The first-order valence-electron chi connectivity index (χ1n) is 6.33. The second kappa shape index (κ2) is 8.56. The topological polar surface area (TPSA) is 24.1 Å². The molecule has 0 aromatic heterocycles. The number of benzene rings is 1. The van der Waals surface area contributed by atoms with Gasteiger partial charge in [0.05, 0.1) is 0 Å². The Morgan fingerprint density at radius 1 is 1.06 bits per heavy atom. The van der Waals surface area contributed by atoms with Crippen LogP contribution in [0.3, 0.4) is 0 Å². The summed E-state index contributed by atoms with van der Waals surface area (Å²) in [6, 6.07) is 8.94. The zero-order valence-electron chi connectivity index (χ0n) is 11.1. The number of hydrogen-bond acceptors (Lipinski definition) is 3. The van der Waals surface area contributed by atoms with Crippen LogP contribution in [0, 0.1) is 0 Å². The maximum absolute atomic E-state index is 3.41. The minimum Gasteiger partial charge on any atom is -0.318 e. The van der Waals surface area contributed by atoms with Crippen LogP contribution in [0.25, 0.3) is 0 Å². The van der Waals surface area contributed by atoms with Crippen LogP contribution in [-0.4, -0.2) is 31.9 Å². The lowest BCUT2D eigenvalue weighted by Crippen LogP contribution is -2.26. The van der Waals surface area contributed by atoms with E-state index in [4.69, 9.17) is 0 Å². The van der Waals surface area contributed by atoms with Gasteiger partial charge in [-0.3, -0.25) is 0 Å². The summed E-state index contributed by atoms with van der Waals surface area (Å²) in [7, 11) is 1.98. The third-order valence-electron chi connectivity index (χ3n) is 2.44. The molecular formula is C14H24N2S. The van der Waals surface area contributed by atoms with Crippen molar-refractivity contribution in [3.05, 3.63) is 29.8 Å². The van der Waals surface area contributed by atoms with Gasteiger partial charge in [0.1, 0.15) is 0 Å². The predicted octanol–water partition coefficient (Wildman–Crippen LogP) is 2.54. The Bertz CT molecular complexity index is 296. The average molecular weight is 252 g/mol. The lowest BCUT2D eigenvalue weighted by molar-refractivity contribution is 0.649. The van der Waals surface area contributed by atoms with Crippen LogP contribution in [0.1, 0.15) is 19.4 Å². The van der Waals surface area contributed by atoms with Crippen LogP contribution in [0.5, 0.6) is 0 Å². The van der Waals surface area contributed by atoms with Crippen molar-refractivity contribution < 1.29 is 0 Å². The van der Waals surface area contributed by atoms with Gasteiger partial charge in [-0.05, 0) is 37.7 Å². The first-order chi connectivity index (χ1) is 8.22. The van der Waals surface area contributed by atoms with Gasteiger partial charge in [-0.15, -0.1) is 11.8 Å². The highest BCUT2D eigenvalue weighted by Gasteiger charge is 1.98. The molecule has 1 rings (SSSR count). The molecule has 1 aromatic carbocycles. The molecule has 0 radical (unpaired) electrons. The van der Waals surface area contributed by atoms with Crippen LogP contribution < -0.4 is 10.6 Å². The van der Waals surface area contributed by atoms with Crippen molar-refractivity contribution in [1.82, 2.24) is 10.6 Å². The largest absolute Gasteiger partial charge is 0.318 e. The third kappa shape index (κ3) is 6.71. The molecule has 17 heavy (non-hydrogen) atoms. The van der Waals surface area contributed by atoms with Gasteiger partial charge in [0, 0.05) is 23.2 Å². The molecule has 0 aliphatic carbocycles. The molecule has 0 saturated heterocycles. The van der Waals surface area contributed by atoms with Crippen LogP contribution >= 0.6 is 11.8 Å². The lowest BCUT2D eigenvalue weighted by Gasteiger charge is -2.07. The molecule has 0 amide bonds. The number of likely N-dealkylation sites (N-methyl/N-ethyl adjacent to an activating group) is 1. The van der Waals surface area contributed by atoms with E-state index in [1.807, 2.05) is 18.8 Å². The molecule has 0 aliphatic heterocycles. The Morgan fingerprint density at radius 3 is 2.35 bits per heavy atom. The summed E-state index contributed by atoms with van der Waals surface area (Å²) in [5.74, 6) is 0. The smallest absolute Gasteiger partial charge is 0.00767 e. The highest BCUT2D eigenvalue weighted by atomic mass is 32.2. The monoisotopic (exact) mass is 252 g/mol. The minimum absolute atomic E-state index is 0.657. The third-order valence-corrected chi connectivity index (χ3v) is 3.45. The molecule has 1 aromatic rings. The fourth-order valence-corrected chi connectivity index (χ4v) is 2.42. The zero-order chi connectivity index (χ0) is 12.5. The van der Waals surface area contributed by atoms with Crippen molar-refractivity contribution in [3.63, 3.8) is 0 Å². The van der Waals surface area contributed by atoms with Crippen molar-refractivity contribution >= 4 is 11.8 Å². The molecule has 0 aliphatic rings. The van der Waals surface area contributed by atoms with E-state index < -0.39 is 0 Å². The van der Waals surface area contributed by atoms with E-state index in [-0.39, 0.29) is 0 Å². The van der Waals surface area contributed by atoms with E-state index in [9.17, 15) is 0 Å². The molecule has 0 unspecified atom stereocenters. The van der Waals surface area contributed by atoms with Crippen molar-refractivity contribution in [1.29, 1.82) is 0 Å². The van der Waals surface area contributed by atoms with Gasteiger partial charge in [-0.25, -0.2) is 0 Å². The molecule has 3 heteroatoms. The first-order valence-corrected chi connectivity index (χ1v) is 7.21. The number of nitrogens with one attached hydrogen (secondary N) is 2. The molecule has 2 nitrogen and oxygen atoms in total. The van der Waals surface area contributed by atoms with Gasteiger partial charge >= 0.3 is 0 Å². The molecular weight excluding hydrogens is 228 g/mol. The maximum Gasteiger partial charge on any atom is 0.00767 e. The highest BCUT2D eigenvalue weighted by Crippen LogP contribution is 2.22. The quantitative estimate of drug-likeness (QED) is 0.549. The summed E-state index contributed by atoms with van der Waals surface area (Å²) < 4.78 is 0. The number of hydrogen-bond donors (Lipinski definition) is 2. The van der Waals surface area contributed by atoms with Gasteiger partial charge in [0.25, 0.3) is 0 Å². The van der Waals surface area contributed by atoms with Crippen molar-refractivity contribution in [3.8, 4) is 0 Å². The van der Waals surface area contributed by atoms with E-state index in [1.165, 1.54) is 10.5 Å². The Kier molecular flexibility index (Phi) is 7.33. The van der Waals surface area contributed by atoms with E-state index in [1.54, 1.807) is 0 Å². The summed E-state index contributed by atoms with van der Waals surface area (Å²) in [5, 5.41) is 7.20. The molecule has 0 fully saturated rings. The summed E-state index contributed by atoms with van der Waals surface area (Å²) in [6.45, 7) is 7.58. The van der Waals surface area contributed by atoms with Gasteiger partial charge in [-0.2, -0.15) is 0 Å². The minimum atomic E-state index is 0.657. The molecule has 0 heterocycles. The fraction of sp³-hybridized carbons (Fsp3) is 0.571. The fourth-order valence-electron chi connectivity index (χ4n) is 1.58. The molecule has 0 bridgehead atoms. The second-order valence-electron chi connectivity index (χ2n) is 4.41. The summed E-state index contributed by atoms with van der Waals surface area (Å²) >= 11 is 1.92. The Labute approximate surface area is 110 Å². The van der Waals surface area contributed by atoms with E-state index in [0.29, 0.717) is 5.25 Å². The summed E-state index contributed by atoms with van der Waals surface area (Å²) in [6.07, 6.45) is 1.11. The maximum atomic E-state index is 3.41. The van der Waals surface area contributed by atoms with E-state index in [2.05, 4.69) is 48.7 Å². The Balaban J connectivity index is 2.25. The van der Waals surface area contributed by atoms with Crippen molar-refractivity contribution in [2.24, 2.45) is 0 Å². The number of rotatable bonds is 8. The first kappa shape index (κ1) is 14.6. The van der Waals surface area contributed by atoms with Crippen LogP contribution in [-0.2, 0) is 6.42 Å². The van der Waals surface area contributed by atoms with Gasteiger partial charge in [0.15, 0.2) is 0 Å². The SMILES string of the molecule is CNCCNCCc1ccc(SC(C)C)cc1. The highest BCUT2D eigenvalue weighted by molar-refractivity contribution is 7.99. The van der Waals surface area contributed by atoms with Crippen LogP contribution in [0.4, 0.5) is 0 Å². The predicted molar refractivity (Wildman–Crippen MR) is 77.9 cm³/mol. The second-order valence-corrected chi connectivity index (χ2v) is 6.06. The summed E-state index contributed by atoms with van der Waals surface area (Å²) in [5.41, 5.74) is 1.41. The van der Waals surface area contributed by atoms with Gasteiger partial charge in [0.2, 0.25) is 0 Å². The normalized spacial score (nSPS) is 11.1. The molecule has 96 valence electrons. The van der Waals surface area contributed by atoms with Crippen molar-refractivity contribution in [2.75, 3.05) is 26.7 Å². The average Bonchev–Trinajstić information content (AvgIpc) is 2.30. The number of thioether (sulfide) groups is 1. The lowest BCUT2D eigenvalue weighted by atomic mass is 10.1. The molecule has 2 N–H and O–H groups in total. The molecule has 0 saturated carbocycles. The van der Waals surface area contributed by atoms with E-state index >= 15 is 0 Å². The molecule has 0 atom stereocenters. The summed E-state index contributed by atoms with van der Waals surface area (Å²) in [4.78, 5) is 1.37. The molecule has 0 spiro atoms. The standard InChI is InChI=1S/C14H24N2S/c1-12(2)17-14-6-4-13(5-7-14)8-9-16-11-10-15-3/h4-7,12,15-16H,8-11H2,1-3H3. The van der Waals surface area contributed by atoms with Crippen LogP contribution in [0.2, 0.25) is 0 Å². The van der Waals surface area contributed by atoms with E-state index in [0.717, 1.165) is 26.1 Å². The van der Waals surface area contributed by atoms with Crippen molar-refractivity contribution in [2.45, 2.75) is 30.4 Å². The van der Waals surface area contributed by atoms with Gasteiger partial charge < -0.3 is 10.6 Å².